The molecular formula is C18H18ClN3O. The Morgan fingerprint density at radius 3 is 2.57 bits per heavy atom. The van der Waals surface area contributed by atoms with Gasteiger partial charge in [-0.2, -0.15) is 0 Å². The highest BCUT2D eigenvalue weighted by molar-refractivity contribution is 6.28. The summed E-state index contributed by atoms with van der Waals surface area (Å²) in [7, 11) is 0. The van der Waals surface area contributed by atoms with E-state index in [0.717, 1.165) is 22.5 Å². The van der Waals surface area contributed by atoms with Crippen molar-refractivity contribution in [3.8, 4) is 5.75 Å². The molecule has 0 aliphatic heterocycles. The summed E-state index contributed by atoms with van der Waals surface area (Å²) in [6.07, 6.45) is 0. The Morgan fingerprint density at radius 2 is 1.78 bits per heavy atom. The molecule has 0 fully saturated rings. The highest BCUT2D eigenvalue weighted by Gasteiger charge is 2.05. The fraction of sp³-hybridized carbons (Fsp3) is 0.222. The third-order valence-corrected chi connectivity index (χ3v) is 3.60. The smallest absolute Gasteiger partial charge is 0.224 e. The SMILES string of the molecule is Cc1cc(C)cc(OCCNc2nc(Cl)nc3ccccc23)c1. The Morgan fingerprint density at radius 1 is 1.04 bits per heavy atom. The number of rotatable bonds is 5. The molecule has 5 heteroatoms. The zero-order chi connectivity index (χ0) is 16.2. The maximum Gasteiger partial charge on any atom is 0.224 e. The van der Waals surface area contributed by atoms with E-state index >= 15 is 0 Å². The predicted octanol–water partition coefficient (Wildman–Crippen LogP) is 4.39. The van der Waals surface area contributed by atoms with Gasteiger partial charge in [0.2, 0.25) is 5.28 Å². The number of anilines is 1. The summed E-state index contributed by atoms with van der Waals surface area (Å²) in [5.41, 5.74) is 3.22. The molecular weight excluding hydrogens is 310 g/mol. The number of para-hydroxylation sites is 1. The Labute approximate surface area is 140 Å². The van der Waals surface area contributed by atoms with Crippen LogP contribution in [0.3, 0.4) is 0 Å². The van der Waals surface area contributed by atoms with Crippen molar-refractivity contribution in [3.05, 3.63) is 58.9 Å². The van der Waals surface area contributed by atoms with Gasteiger partial charge in [-0.3, -0.25) is 0 Å². The molecule has 3 rings (SSSR count). The minimum absolute atomic E-state index is 0.237. The van der Waals surface area contributed by atoms with Crippen LogP contribution in [0, 0.1) is 13.8 Å². The standard InChI is InChI=1S/C18H18ClN3O/c1-12-9-13(2)11-14(10-12)23-8-7-20-17-15-5-3-4-6-16(15)21-18(19)22-17/h3-6,9-11H,7-8H2,1-2H3,(H,20,21,22). The lowest BCUT2D eigenvalue weighted by atomic mass is 10.1. The molecule has 0 spiro atoms. The molecule has 4 nitrogen and oxygen atoms in total. The van der Waals surface area contributed by atoms with Gasteiger partial charge in [0.1, 0.15) is 18.2 Å². The number of hydrogen-bond donors (Lipinski definition) is 1. The Balaban J connectivity index is 1.65. The Hall–Kier alpha value is -2.33. The first kappa shape index (κ1) is 15.6. The summed E-state index contributed by atoms with van der Waals surface area (Å²) >= 11 is 5.97. The molecule has 1 heterocycles. The molecule has 0 aliphatic carbocycles. The molecule has 3 aromatic rings. The molecule has 0 radical (unpaired) electrons. The van der Waals surface area contributed by atoms with Gasteiger partial charge in [-0.15, -0.1) is 0 Å². The van der Waals surface area contributed by atoms with Crippen molar-refractivity contribution in [2.45, 2.75) is 13.8 Å². The third kappa shape index (κ3) is 3.90. The zero-order valence-electron chi connectivity index (χ0n) is 13.1. The first-order valence-electron chi connectivity index (χ1n) is 7.49. The molecule has 118 valence electrons. The van der Waals surface area contributed by atoms with Crippen LogP contribution >= 0.6 is 11.6 Å². The van der Waals surface area contributed by atoms with E-state index in [-0.39, 0.29) is 5.28 Å². The van der Waals surface area contributed by atoms with Crippen LogP contribution in [0.1, 0.15) is 11.1 Å². The lowest BCUT2D eigenvalue weighted by Crippen LogP contribution is -2.13. The monoisotopic (exact) mass is 327 g/mol. The Kier molecular flexibility index (Phi) is 4.63. The van der Waals surface area contributed by atoms with Crippen molar-refractivity contribution < 1.29 is 4.74 Å². The average molecular weight is 328 g/mol. The highest BCUT2D eigenvalue weighted by atomic mass is 35.5. The van der Waals surface area contributed by atoms with Crippen molar-refractivity contribution in [2.75, 3.05) is 18.5 Å². The molecule has 0 atom stereocenters. The van der Waals surface area contributed by atoms with Gasteiger partial charge < -0.3 is 10.1 Å². The molecule has 0 aliphatic rings. The number of benzene rings is 2. The largest absolute Gasteiger partial charge is 0.492 e. The van der Waals surface area contributed by atoms with E-state index < -0.39 is 0 Å². The van der Waals surface area contributed by atoms with E-state index in [1.54, 1.807) is 0 Å². The number of nitrogens with zero attached hydrogens (tertiary/aromatic N) is 2. The fourth-order valence-electron chi connectivity index (χ4n) is 2.54. The van der Waals surface area contributed by atoms with E-state index in [2.05, 4.69) is 35.2 Å². The van der Waals surface area contributed by atoms with Gasteiger partial charge in [-0.1, -0.05) is 18.2 Å². The van der Waals surface area contributed by atoms with Crippen LogP contribution in [-0.2, 0) is 0 Å². The lowest BCUT2D eigenvalue weighted by molar-refractivity contribution is 0.332. The molecule has 0 saturated carbocycles. The summed E-state index contributed by atoms with van der Waals surface area (Å²) < 4.78 is 5.79. The minimum atomic E-state index is 0.237. The Bertz CT molecular complexity index is 815. The van der Waals surface area contributed by atoms with Crippen molar-refractivity contribution in [3.63, 3.8) is 0 Å². The van der Waals surface area contributed by atoms with Crippen molar-refractivity contribution in [2.24, 2.45) is 0 Å². The topological polar surface area (TPSA) is 47.0 Å². The number of nitrogens with one attached hydrogen (secondary N) is 1. The summed E-state index contributed by atoms with van der Waals surface area (Å²) in [6.45, 7) is 5.30. The van der Waals surface area contributed by atoms with Crippen LogP contribution in [0.25, 0.3) is 10.9 Å². The predicted molar refractivity (Wildman–Crippen MR) is 94.4 cm³/mol. The summed E-state index contributed by atoms with van der Waals surface area (Å²) in [6, 6.07) is 14.0. The highest BCUT2D eigenvalue weighted by Crippen LogP contribution is 2.21. The fourth-order valence-corrected chi connectivity index (χ4v) is 2.71. The normalized spacial score (nSPS) is 10.7. The number of ether oxygens (including phenoxy) is 1. The van der Waals surface area contributed by atoms with Gasteiger partial charge in [0.25, 0.3) is 0 Å². The molecule has 1 aromatic heterocycles. The van der Waals surface area contributed by atoms with Gasteiger partial charge >= 0.3 is 0 Å². The van der Waals surface area contributed by atoms with Gasteiger partial charge in [0.15, 0.2) is 0 Å². The van der Waals surface area contributed by atoms with Crippen molar-refractivity contribution >= 4 is 28.3 Å². The van der Waals surface area contributed by atoms with Crippen molar-refractivity contribution in [1.29, 1.82) is 0 Å². The molecule has 2 aromatic carbocycles. The molecule has 0 saturated heterocycles. The number of fused-ring (bicyclic) bond motifs is 1. The maximum atomic E-state index is 5.97. The van der Waals surface area contributed by atoms with Crippen LogP contribution in [-0.4, -0.2) is 23.1 Å². The van der Waals surface area contributed by atoms with Crippen molar-refractivity contribution in [1.82, 2.24) is 9.97 Å². The molecule has 0 bridgehead atoms. The van der Waals surface area contributed by atoms with E-state index in [1.165, 1.54) is 11.1 Å². The summed E-state index contributed by atoms with van der Waals surface area (Å²) in [5.74, 6) is 1.61. The minimum Gasteiger partial charge on any atom is -0.492 e. The van der Waals surface area contributed by atoms with E-state index in [1.807, 2.05) is 36.4 Å². The number of aryl methyl sites for hydroxylation is 2. The molecule has 0 amide bonds. The third-order valence-electron chi connectivity index (χ3n) is 3.43. The summed E-state index contributed by atoms with van der Waals surface area (Å²) in [5, 5.41) is 4.45. The first-order valence-corrected chi connectivity index (χ1v) is 7.87. The molecule has 0 unspecified atom stereocenters. The van der Waals surface area contributed by atoms with E-state index in [9.17, 15) is 0 Å². The van der Waals surface area contributed by atoms with E-state index in [0.29, 0.717) is 13.2 Å². The van der Waals surface area contributed by atoms with Gasteiger partial charge in [-0.25, -0.2) is 9.97 Å². The molecule has 23 heavy (non-hydrogen) atoms. The zero-order valence-corrected chi connectivity index (χ0v) is 13.9. The van der Waals surface area contributed by atoms with Gasteiger partial charge in [0, 0.05) is 5.39 Å². The van der Waals surface area contributed by atoms with Crippen LogP contribution < -0.4 is 10.1 Å². The second-order valence-electron chi connectivity index (χ2n) is 5.46. The van der Waals surface area contributed by atoms with Crippen LogP contribution in [0.4, 0.5) is 5.82 Å². The summed E-state index contributed by atoms with van der Waals surface area (Å²) in [4.78, 5) is 8.48. The number of hydrogen-bond acceptors (Lipinski definition) is 4. The quantitative estimate of drug-likeness (QED) is 0.557. The second kappa shape index (κ2) is 6.84. The first-order chi connectivity index (χ1) is 11.1. The van der Waals surface area contributed by atoms with Gasteiger partial charge in [-0.05, 0) is 60.8 Å². The lowest BCUT2D eigenvalue weighted by Gasteiger charge is -2.11. The van der Waals surface area contributed by atoms with E-state index in [4.69, 9.17) is 16.3 Å². The number of aromatic nitrogens is 2. The average Bonchev–Trinajstić information content (AvgIpc) is 2.50. The van der Waals surface area contributed by atoms with Crippen LogP contribution in [0.15, 0.2) is 42.5 Å². The second-order valence-corrected chi connectivity index (χ2v) is 5.80. The van der Waals surface area contributed by atoms with Gasteiger partial charge in [0.05, 0.1) is 12.1 Å². The van der Waals surface area contributed by atoms with Crippen LogP contribution in [0.5, 0.6) is 5.75 Å². The number of halogens is 1. The molecule has 1 N–H and O–H groups in total. The maximum absolute atomic E-state index is 5.97. The van der Waals surface area contributed by atoms with Crippen LogP contribution in [0.2, 0.25) is 5.28 Å².